The van der Waals surface area contributed by atoms with Gasteiger partial charge in [-0.3, -0.25) is 0 Å². The van der Waals surface area contributed by atoms with Crippen molar-refractivity contribution in [3.05, 3.63) is 53.8 Å². The summed E-state index contributed by atoms with van der Waals surface area (Å²) in [7, 11) is 0. The van der Waals surface area contributed by atoms with E-state index in [1.54, 1.807) is 0 Å². The Bertz CT molecular complexity index is 636. The highest BCUT2D eigenvalue weighted by molar-refractivity contribution is 5.74. The van der Waals surface area contributed by atoms with Crippen LogP contribution in [0.2, 0.25) is 0 Å². The molecule has 0 bridgehead atoms. The number of rotatable bonds is 3. The third-order valence-corrected chi connectivity index (χ3v) is 2.68. The van der Waals surface area contributed by atoms with Crippen LogP contribution in [0.25, 0.3) is 11.1 Å². The van der Waals surface area contributed by atoms with Gasteiger partial charge in [0, 0.05) is 5.56 Å². The fourth-order valence-electron chi connectivity index (χ4n) is 1.88. The second-order valence-corrected chi connectivity index (χ2v) is 4.06. The average Bonchev–Trinajstić information content (AvgIpc) is 2.39. The zero-order chi connectivity index (χ0) is 15.6. The van der Waals surface area contributed by atoms with E-state index in [-0.39, 0.29) is 5.56 Å². The Morgan fingerprint density at radius 3 is 2.19 bits per heavy atom. The molecule has 112 valence electrons. The summed E-state index contributed by atoms with van der Waals surface area (Å²) in [5, 5.41) is 0. The minimum absolute atomic E-state index is 0.386. The quantitative estimate of drug-likeness (QED) is 0.716. The molecule has 21 heavy (non-hydrogen) atoms. The van der Waals surface area contributed by atoms with Crippen LogP contribution in [0.1, 0.15) is 5.56 Å². The molecule has 0 fully saturated rings. The minimum Gasteiger partial charge on any atom is -0.434 e. The molecule has 0 aromatic heterocycles. The fraction of sp³-hybridized carbons (Fsp3) is 0.143. The molecule has 0 N–H and O–H groups in total. The van der Waals surface area contributed by atoms with Crippen molar-refractivity contribution < 1.29 is 31.1 Å². The highest BCUT2D eigenvalue weighted by Crippen LogP contribution is 2.40. The van der Waals surface area contributed by atoms with Crippen molar-refractivity contribution >= 4 is 0 Å². The third-order valence-electron chi connectivity index (χ3n) is 2.68. The second kappa shape index (κ2) is 5.67. The van der Waals surface area contributed by atoms with Crippen LogP contribution >= 0.6 is 0 Å². The summed E-state index contributed by atoms with van der Waals surface area (Å²) in [6.45, 7) is -3.23. The maximum atomic E-state index is 13.3. The first kappa shape index (κ1) is 15.2. The van der Waals surface area contributed by atoms with Gasteiger partial charge >= 0.3 is 12.8 Å². The van der Waals surface area contributed by atoms with Gasteiger partial charge in [0.05, 0.1) is 5.56 Å². The highest BCUT2D eigenvalue weighted by Gasteiger charge is 2.34. The maximum Gasteiger partial charge on any atom is 0.417 e. The standard InChI is InChI=1S/C14H8F6O/c15-8-5-6-12(21-13(16)17)10(7-8)9-3-1-2-4-11(9)14(18,19)20/h1-7,13H. The molecule has 0 aliphatic heterocycles. The highest BCUT2D eigenvalue weighted by atomic mass is 19.4. The minimum atomic E-state index is -4.70. The summed E-state index contributed by atoms with van der Waals surface area (Å²) in [5.74, 6) is -1.38. The molecule has 0 unspecified atom stereocenters. The first-order chi connectivity index (χ1) is 9.79. The average molecular weight is 306 g/mol. The lowest BCUT2D eigenvalue weighted by Gasteiger charge is -2.16. The molecule has 7 heteroatoms. The van der Waals surface area contributed by atoms with Gasteiger partial charge in [-0.2, -0.15) is 22.0 Å². The Kier molecular flexibility index (Phi) is 4.11. The Labute approximate surface area is 115 Å². The molecule has 0 aliphatic rings. The van der Waals surface area contributed by atoms with Gasteiger partial charge in [0.25, 0.3) is 0 Å². The lowest BCUT2D eigenvalue weighted by Crippen LogP contribution is -2.08. The molecule has 2 aromatic rings. The number of halogens is 6. The zero-order valence-corrected chi connectivity index (χ0v) is 10.3. The predicted octanol–water partition coefficient (Wildman–Crippen LogP) is 5.11. The molecule has 2 aromatic carbocycles. The van der Waals surface area contributed by atoms with Crippen molar-refractivity contribution in [2.75, 3.05) is 0 Å². The van der Waals surface area contributed by atoms with Gasteiger partial charge < -0.3 is 4.74 Å². The molecule has 1 nitrogen and oxygen atoms in total. The van der Waals surface area contributed by atoms with E-state index in [0.29, 0.717) is 0 Å². The molecule has 0 radical (unpaired) electrons. The first-order valence-electron chi connectivity index (χ1n) is 5.70. The first-order valence-corrected chi connectivity index (χ1v) is 5.70. The van der Waals surface area contributed by atoms with E-state index in [1.165, 1.54) is 6.07 Å². The van der Waals surface area contributed by atoms with E-state index in [2.05, 4.69) is 4.74 Å². The molecule has 0 heterocycles. The number of ether oxygens (including phenoxy) is 1. The number of hydrogen-bond acceptors (Lipinski definition) is 1. The van der Waals surface area contributed by atoms with Crippen LogP contribution in [0, 0.1) is 5.82 Å². The van der Waals surface area contributed by atoms with E-state index in [4.69, 9.17) is 0 Å². The van der Waals surface area contributed by atoms with Crippen LogP contribution in [0.15, 0.2) is 42.5 Å². The largest absolute Gasteiger partial charge is 0.434 e. The van der Waals surface area contributed by atoms with Crippen LogP contribution in [-0.4, -0.2) is 6.61 Å². The van der Waals surface area contributed by atoms with E-state index >= 15 is 0 Å². The van der Waals surface area contributed by atoms with Crippen LogP contribution in [0.4, 0.5) is 26.3 Å². The van der Waals surface area contributed by atoms with Gasteiger partial charge in [0.2, 0.25) is 0 Å². The molecule has 0 spiro atoms. The molecule has 0 aliphatic carbocycles. The number of benzene rings is 2. The lowest BCUT2D eigenvalue weighted by molar-refractivity contribution is -0.137. The summed E-state index contributed by atoms with van der Waals surface area (Å²) in [5.41, 5.74) is -1.88. The van der Waals surface area contributed by atoms with Gasteiger partial charge in [-0.25, -0.2) is 4.39 Å². The van der Waals surface area contributed by atoms with Crippen molar-refractivity contribution in [1.82, 2.24) is 0 Å². The van der Waals surface area contributed by atoms with E-state index in [0.717, 1.165) is 36.4 Å². The predicted molar refractivity (Wildman–Crippen MR) is 63.5 cm³/mol. The van der Waals surface area contributed by atoms with E-state index in [1.807, 2.05) is 0 Å². The molecule has 0 saturated heterocycles. The Morgan fingerprint density at radius 2 is 1.57 bits per heavy atom. The third kappa shape index (κ3) is 3.48. The smallest absolute Gasteiger partial charge is 0.417 e. The number of hydrogen-bond donors (Lipinski definition) is 0. The monoisotopic (exact) mass is 306 g/mol. The summed E-state index contributed by atoms with van der Waals surface area (Å²) in [4.78, 5) is 0. The lowest BCUT2D eigenvalue weighted by atomic mass is 9.98. The van der Waals surface area contributed by atoms with Crippen molar-refractivity contribution in [3.63, 3.8) is 0 Å². The molecular weight excluding hydrogens is 298 g/mol. The van der Waals surface area contributed by atoms with Crippen LogP contribution in [0.3, 0.4) is 0 Å². The Balaban J connectivity index is 2.64. The van der Waals surface area contributed by atoms with Crippen molar-refractivity contribution in [2.45, 2.75) is 12.8 Å². The van der Waals surface area contributed by atoms with Gasteiger partial charge in [-0.05, 0) is 29.8 Å². The van der Waals surface area contributed by atoms with Gasteiger partial charge in [0.1, 0.15) is 11.6 Å². The van der Waals surface area contributed by atoms with Crippen molar-refractivity contribution in [1.29, 1.82) is 0 Å². The van der Waals surface area contributed by atoms with Crippen molar-refractivity contribution in [2.24, 2.45) is 0 Å². The summed E-state index contributed by atoms with van der Waals surface area (Å²) >= 11 is 0. The van der Waals surface area contributed by atoms with E-state index in [9.17, 15) is 26.3 Å². The molecule has 0 atom stereocenters. The molecule has 0 amide bonds. The molecule has 2 rings (SSSR count). The summed E-state index contributed by atoms with van der Waals surface area (Å²) in [6, 6.07) is 6.72. The van der Waals surface area contributed by atoms with Crippen molar-refractivity contribution in [3.8, 4) is 16.9 Å². The molecular formula is C14H8F6O. The zero-order valence-electron chi connectivity index (χ0n) is 10.3. The van der Waals surface area contributed by atoms with Gasteiger partial charge in [-0.1, -0.05) is 18.2 Å². The maximum absolute atomic E-state index is 13.3. The Hall–Kier alpha value is -2.18. The fourth-order valence-corrected chi connectivity index (χ4v) is 1.88. The van der Waals surface area contributed by atoms with Crippen LogP contribution in [-0.2, 0) is 6.18 Å². The van der Waals surface area contributed by atoms with Gasteiger partial charge in [0.15, 0.2) is 0 Å². The van der Waals surface area contributed by atoms with Crippen LogP contribution in [0.5, 0.6) is 5.75 Å². The Morgan fingerprint density at radius 1 is 0.905 bits per heavy atom. The summed E-state index contributed by atoms with van der Waals surface area (Å²) in [6.07, 6.45) is -4.70. The SMILES string of the molecule is Fc1ccc(OC(F)F)c(-c2ccccc2C(F)(F)F)c1. The van der Waals surface area contributed by atoms with E-state index < -0.39 is 35.5 Å². The normalized spacial score (nSPS) is 11.8. The van der Waals surface area contributed by atoms with Gasteiger partial charge in [-0.15, -0.1) is 0 Å². The molecule has 0 saturated carbocycles. The second-order valence-electron chi connectivity index (χ2n) is 4.06. The van der Waals surface area contributed by atoms with Crippen LogP contribution < -0.4 is 4.74 Å². The summed E-state index contributed by atoms with van der Waals surface area (Å²) < 4.78 is 80.9. The number of alkyl halides is 5. The topological polar surface area (TPSA) is 9.23 Å².